The molecule has 0 amide bonds. The number of rotatable bonds is 1. The highest BCUT2D eigenvalue weighted by Gasteiger charge is 2.21. The van der Waals surface area contributed by atoms with E-state index in [1.165, 1.54) is 11.8 Å². The smallest absolute Gasteiger partial charge is 0.249 e. The molecule has 3 nitrogen and oxygen atoms in total. The largest absolute Gasteiger partial charge is 0.479 e. The fourth-order valence-corrected chi connectivity index (χ4v) is 0.979. The Balaban J connectivity index is 3.16. The molecule has 0 aromatic carbocycles. The van der Waals surface area contributed by atoms with Gasteiger partial charge in [-0.05, 0) is 20.8 Å². The number of aromatic nitrogens is 2. The van der Waals surface area contributed by atoms with Gasteiger partial charge < -0.3 is 4.74 Å². The third kappa shape index (κ3) is 1.42. The standard InChI is InChI=1S/C8H13FN2O/c1-8(2,3)11-7(12-4)6(9)5-10-11/h5H,1-4H3. The Morgan fingerprint density at radius 1 is 1.50 bits per heavy atom. The summed E-state index contributed by atoms with van der Waals surface area (Å²) in [6, 6.07) is 0. The number of hydrogen-bond donors (Lipinski definition) is 0. The second kappa shape index (κ2) is 2.77. The molecule has 0 saturated heterocycles. The number of halogens is 1. The summed E-state index contributed by atoms with van der Waals surface area (Å²) in [6.07, 6.45) is 1.16. The molecule has 68 valence electrons. The van der Waals surface area contributed by atoms with Crippen molar-refractivity contribution in [3.8, 4) is 5.88 Å². The number of hydrogen-bond acceptors (Lipinski definition) is 2. The molecule has 1 heterocycles. The monoisotopic (exact) mass is 172 g/mol. The van der Waals surface area contributed by atoms with Crippen molar-refractivity contribution in [2.75, 3.05) is 7.11 Å². The Morgan fingerprint density at radius 2 is 2.08 bits per heavy atom. The van der Waals surface area contributed by atoms with Gasteiger partial charge in [0.15, 0.2) is 0 Å². The summed E-state index contributed by atoms with van der Waals surface area (Å²) in [5.41, 5.74) is -0.254. The lowest BCUT2D eigenvalue weighted by Gasteiger charge is -2.20. The molecule has 0 atom stereocenters. The van der Waals surface area contributed by atoms with Gasteiger partial charge in [0.25, 0.3) is 0 Å². The molecule has 1 aromatic heterocycles. The zero-order chi connectivity index (χ0) is 9.35. The van der Waals surface area contributed by atoms with Crippen molar-refractivity contribution in [1.82, 2.24) is 9.78 Å². The first-order valence-corrected chi connectivity index (χ1v) is 3.75. The topological polar surface area (TPSA) is 27.1 Å². The van der Waals surface area contributed by atoms with Gasteiger partial charge in [-0.2, -0.15) is 9.49 Å². The van der Waals surface area contributed by atoms with Crippen LogP contribution in [0.2, 0.25) is 0 Å². The molecule has 0 N–H and O–H groups in total. The van der Waals surface area contributed by atoms with E-state index in [1.807, 2.05) is 20.8 Å². The predicted molar refractivity (Wildman–Crippen MR) is 43.7 cm³/mol. The Kier molecular flexibility index (Phi) is 2.08. The van der Waals surface area contributed by atoms with Gasteiger partial charge in [-0.1, -0.05) is 0 Å². The molecular formula is C8H13FN2O. The average molecular weight is 172 g/mol. The Morgan fingerprint density at radius 3 is 2.42 bits per heavy atom. The summed E-state index contributed by atoms with van der Waals surface area (Å²) in [6.45, 7) is 5.80. The minimum Gasteiger partial charge on any atom is -0.479 e. The van der Waals surface area contributed by atoms with Crippen molar-refractivity contribution >= 4 is 0 Å². The maximum absolute atomic E-state index is 12.9. The molecule has 0 radical (unpaired) electrons. The first-order valence-electron chi connectivity index (χ1n) is 3.75. The van der Waals surface area contributed by atoms with E-state index in [2.05, 4.69) is 5.10 Å². The molecule has 0 aliphatic heterocycles. The number of ether oxygens (including phenoxy) is 1. The number of nitrogens with zero attached hydrogens (tertiary/aromatic N) is 2. The van der Waals surface area contributed by atoms with E-state index in [9.17, 15) is 4.39 Å². The van der Waals surface area contributed by atoms with Crippen molar-refractivity contribution in [1.29, 1.82) is 0 Å². The molecule has 12 heavy (non-hydrogen) atoms. The minimum atomic E-state index is -0.424. The highest BCUT2D eigenvalue weighted by atomic mass is 19.1. The molecular weight excluding hydrogens is 159 g/mol. The summed E-state index contributed by atoms with van der Waals surface area (Å²) in [5, 5.41) is 3.87. The van der Waals surface area contributed by atoms with Crippen molar-refractivity contribution < 1.29 is 9.13 Å². The van der Waals surface area contributed by atoms with Crippen LogP contribution >= 0.6 is 0 Å². The van der Waals surface area contributed by atoms with Gasteiger partial charge in [-0.3, -0.25) is 0 Å². The molecule has 0 bridgehead atoms. The molecule has 0 saturated carbocycles. The Hall–Kier alpha value is -1.06. The van der Waals surface area contributed by atoms with Crippen LogP contribution in [0.5, 0.6) is 5.88 Å². The van der Waals surface area contributed by atoms with E-state index in [0.29, 0.717) is 0 Å². The van der Waals surface area contributed by atoms with Gasteiger partial charge in [0.1, 0.15) is 0 Å². The second-order valence-electron chi connectivity index (χ2n) is 3.58. The number of methoxy groups -OCH3 is 1. The molecule has 0 fully saturated rings. The van der Waals surface area contributed by atoms with Gasteiger partial charge in [0.05, 0.1) is 18.8 Å². The molecule has 0 aliphatic rings. The summed E-state index contributed by atoms with van der Waals surface area (Å²) in [5.74, 6) is -0.241. The Labute approximate surface area is 71.1 Å². The van der Waals surface area contributed by atoms with Crippen LogP contribution in [0.25, 0.3) is 0 Å². The van der Waals surface area contributed by atoms with Crippen molar-refractivity contribution in [2.45, 2.75) is 26.3 Å². The molecule has 4 heteroatoms. The first-order chi connectivity index (χ1) is 5.46. The molecule has 0 spiro atoms. The SMILES string of the molecule is COc1c(F)cnn1C(C)(C)C. The molecule has 0 aliphatic carbocycles. The Bertz CT molecular complexity index is 275. The van der Waals surface area contributed by atoms with Gasteiger partial charge in [-0.25, -0.2) is 4.68 Å². The lowest BCUT2D eigenvalue weighted by atomic mass is 10.1. The van der Waals surface area contributed by atoms with Crippen LogP contribution in [0, 0.1) is 5.82 Å². The van der Waals surface area contributed by atoms with Crippen molar-refractivity contribution in [2.24, 2.45) is 0 Å². The third-order valence-corrected chi connectivity index (χ3v) is 1.51. The van der Waals surface area contributed by atoms with Crippen molar-refractivity contribution in [3.05, 3.63) is 12.0 Å². The van der Waals surface area contributed by atoms with E-state index in [-0.39, 0.29) is 11.4 Å². The quantitative estimate of drug-likeness (QED) is 0.645. The predicted octanol–water partition coefficient (Wildman–Crippen LogP) is 1.79. The van der Waals surface area contributed by atoms with E-state index in [4.69, 9.17) is 4.74 Å². The zero-order valence-corrected chi connectivity index (χ0v) is 7.76. The van der Waals surface area contributed by atoms with E-state index in [1.54, 1.807) is 0 Å². The fraction of sp³-hybridized carbons (Fsp3) is 0.625. The average Bonchev–Trinajstić information content (AvgIpc) is 2.29. The van der Waals surface area contributed by atoms with Gasteiger partial charge in [-0.15, -0.1) is 0 Å². The molecule has 1 aromatic rings. The normalized spacial score (nSPS) is 11.8. The lowest BCUT2D eigenvalue weighted by Crippen LogP contribution is -2.23. The van der Waals surface area contributed by atoms with Crippen LogP contribution in [0.4, 0.5) is 4.39 Å². The van der Waals surface area contributed by atoms with Crippen LogP contribution in [-0.2, 0) is 5.54 Å². The molecule has 1 rings (SSSR count). The van der Waals surface area contributed by atoms with E-state index < -0.39 is 5.82 Å². The van der Waals surface area contributed by atoms with Crippen LogP contribution in [0.3, 0.4) is 0 Å². The fourth-order valence-electron chi connectivity index (χ4n) is 0.979. The first kappa shape index (κ1) is 9.03. The lowest BCUT2D eigenvalue weighted by molar-refractivity contribution is 0.273. The van der Waals surface area contributed by atoms with E-state index >= 15 is 0 Å². The summed E-state index contributed by atoms with van der Waals surface area (Å²) in [4.78, 5) is 0. The highest BCUT2D eigenvalue weighted by Crippen LogP contribution is 2.23. The van der Waals surface area contributed by atoms with Crippen LogP contribution < -0.4 is 4.74 Å². The zero-order valence-electron chi connectivity index (χ0n) is 7.76. The van der Waals surface area contributed by atoms with Crippen LogP contribution in [0.15, 0.2) is 6.20 Å². The summed E-state index contributed by atoms with van der Waals surface area (Å²) >= 11 is 0. The molecule has 0 unspecified atom stereocenters. The summed E-state index contributed by atoms with van der Waals surface area (Å²) in [7, 11) is 1.43. The van der Waals surface area contributed by atoms with Crippen molar-refractivity contribution in [3.63, 3.8) is 0 Å². The van der Waals surface area contributed by atoms with E-state index in [0.717, 1.165) is 6.20 Å². The van der Waals surface area contributed by atoms with Crippen LogP contribution in [-0.4, -0.2) is 16.9 Å². The second-order valence-corrected chi connectivity index (χ2v) is 3.58. The third-order valence-electron chi connectivity index (χ3n) is 1.51. The highest BCUT2D eigenvalue weighted by molar-refractivity contribution is 5.13. The summed E-state index contributed by atoms with van der Waals surface area (Å²) < 4.78 is 19.3. The maximum atomic E-state index is 12.9. The maximum Gasteiger partial charge on any atom is 0.249 e. The van der Waals surface area contributed by atoms with Gasteiger partial charge in [0, 0.05) is 0 Å². The minimum absolute atomic E-state index is 0.183. The van der Waals surface area contributed by atoms with Crippen LogP contribution in [0.1, 0.15) is 20.8 Å². The van der Waals surface area contributed by atoms with Gasteiger partial charge >= 0.3 is 0 Å². The van der Waals surface area contributed by atoms with Gasteiger partial charge in [0.2, 0.25) is 11.7 Å².